The van der Waals surface area contributed by atoms with Crippen LogP contribution in [0.15, 0.2) is 23.3 Å². The number of allylic oxidation sites excluding steroid dienone is 2. The summed E-state index contributed by atoms with van der Waals surface area (Å²) < 4.78 is 5.28. The summed E-state index contributed by atoms with van der Waals surface area (Å²) in [7, 11) is 0. The van der Waals surface area contributed by atoms with Gasteiger partial charge in [0.15, 0.2) is 11.9 Å². The van der Waals surface area contributed by atoms with Gasteiger partial charge in [-0.2, -0.15) is 0 Å². The molecule has 0 saturated carbocycles. The second-order valence-electron chi connectivity index (χ2n) is 3.17. The first kappa shape index (κ1) is 6.80. The molecule has 2 nitrogen and oxygen atoms in total. The molecular formula is C9H10O2. The van der Waals surface area contributed by atoms with E-state index in [1.165, 1.54) is 11.1 Å². The average Bonchev–Trinajstić information content (AvgIpc) is 2.74. The van der Waals surface area contributed by atoms with Crippen molar-refractivity contribution in [3.05, 3.63) is 23.3 Å². The van der Waals surface area contributed by atoms with Gasteiger partial charge in [-0.3, -0.25) is 4.79 Å². The van der Waals surface area contributed by atoms with Crippen molar-refractivity contribution in [2.24, 2.45) is 0 Å². The molecule has 58 valence electrons. The van der Waals surface area contributed by atoms with Crippen LogP contribution in [0.4, 0.5) is 0 Å². The third-order valence-corrected chi connectivity index (χ3v) is 2.47. The molecule has 1 aliphatic carbocycles. The zero-order valence-electron chi connectivity index (χ0n) is 6.63. The summed E-state index contributed by atoms with van der Waals surface area (Å²) in [6.45, 7) is 4.04. The third kappa shape index (κ3) is 0.730. The van der Waals surface area contributed by atoms with E-state index in [4.69, 9.17) is 4.74 Å². The molecule has 1 aliphatic heterocycles. The van der Waals surface area contributed by atoms with E-state index in [2.05, 4.69) is 0 Å². The van der Waals surface area contributed by atoms with Crippen molar-refractivity contribution in [2.75, 3.05) is 0 Å². The Balaban J connectivity index is 2.38. The minimum atomic E-state index is -0.580. The molecule has 0 aromatic rings. The van der Waals surface area contributed by atoms with Gasteiger partial charge in [-0.1, -0.05) is 6.08 Å². The SMILES string of the molecule is CC1=C(C)C2OC2(C=O)C=C1. The van der Waals surface area contributed by atoms with Crippen molar-refractivity contribution >= 4 is 6.29 Å². The van der Waals surface area contributed by atoms with E-state index >= 15 is 0 Å². The highest BCUT2D eigenvalue weighted by Crippen LogP contribution is 2.44. The summed E-state index contributed by atoms with van der Waals surface area (Å²) in [5.74, 6) is 0. The average molecular weight is 150 g/mol. The van der Waals surface area contributed by atoms with Gasteiger partial charge in [0.2, 0.25) is 0 Å². The molecule has 2 aliphatic rings. The minimum Gasteiger partial charge on any atom is -0.349 e. The van der Waals surface area contributed by atoms with E-state index < -0.39 is 5.60 Å². The summed E-state index contributed by atoms with van der Waals surface area (Å²) in [6.07, 6.45) is 4.70. The number of carbonyl (C=O) groups excluding carboxylic acids is 1. The molecule has 2 heteroatoms. The highest BCUT2D eigenvalue weighted by Gasteiger charge is 2.57. The fourth-order valence-electron chi connectivity index (χ4n) is 1.45. The molecule has 1 heterocycles. The molecule has 11 heavy (non-hydrogen) atoms. The van der Waals surface area contributed by atoms with Crippen LogP contribution in [0.5, 0.6) is 0 Å². The van der Waals surface area contributed by atoms with E-state index in [0.29, 0.717) is 0 Å². The maximum Gasteiger partial charge on any atom is 0.172 e. The largest absolute Gasteiger partial charge is 0.349 e. The fraction of sp³-hybridized carbons (Fsp3) is 0.444. The Morgan fingerprint density at radius 2 is 2.36 bits per heavy atom. The number of fused-ring (bicyclic) bond motifs is 1. The van der Waals surface area contributed by atoms with Crippen molar-refractivity contribution in [1.82, 2.24) is 0 Å². The second kappa shape index (κ2) is 1.83. The standard InChI is InChI=1S/C9H10O2/c1-6-3-4-9(5-10)8(11-9)7(6)2/h3-5,8H,1-2H3. The molecule has 0 aromatic carbocycles. The first-order chi connectivity index (χ1) is 5.19. The molecule has 0 spiro atoms. The first-order valence-corrected chi connectivity index (χ1v) is 3.70. The van der Waals surface area contributed by atoms with E-state index in [0.717, 1.165) is 6.29 Å². The maximum atomic E-state index is 10.6. The number of ether oxygens (including phenoxy) is 1. The summed E-state index contributed by atoms with van der Waals surface area (Å²) in [4.78, 5) is 10.6. The van der Waals surface area contributed by atoms with Gasteiger partial charge in [0.25, 0.3) is 0 Å². The quantitative estimate of drug-likeness (QED) is 0.415. The van der Waals surface area contributed by atoms with E-state index in [9.17, 15) is 4.79 Å². The second-order valence-corrected chi connectivity index (χ2v) is 3.17. The predicted molar refractivity (Wildman–Crippen MR) is 41.2 cm³/mol. The van der Waals surface area contributed by atoms with Crippen molar-refractivity contribution in [1.29, 1.82) is 0 Å². The van der Waals surface area contributed by atoms with Gasteiger partial charge in [0.05, 0.1) is 0 Å². The van der Waals surface area contributed by atoms with Gasteiger partial charge in [0, 0.05) is 0 Å². The van der Waals surface area contributed by atoms with E-state index in [1.54, 1.807) is 0 Å². The molecule has 2 atom stereocenters. The number of hydrogen-bond acceptors (Lipinski definition) is 2. The lowest BCUT2D eigenvalue weighted by Crippen LogP contribution is -2.17. The van der Waals surface area contributed by atoms with E-state index in [1.807, 2.05) is 26.0 Å². The third-order valence-electron chi connectivity index (χ3n) is 2.47. The molecular weight excluding hydrogens is 140 g/mol. The molecule has 0 radical (unpaired) electrons. The normalized spacial score (nSPS) is 40.4. The molecule has 2 rings (SSSR count). The van der Waals surface area contributed by atoms with Crippen LogP contribution in [0, 0.1) is 0 Å². The monoisotopic (exact) mass is 150 g/mol. The van der Waals surface area contributed by atoms with Gasteiger partial charge in [0.1, 0.15) is 6.10 Å². The molecule has 0 aromatic heterocycles. The van der Waals surface area contributed by atoms with Gasteiger partial charge < -0.3 is 4.74 Å². The Kier molecular flexibility index (Phi) is 1.13. The zero-order valence-corrected chi connectivity index (χ0v) is 6.63. The molecule has 1 saturated heterocycles. The Hall–Kier alpha value is -0.890. The van der Waals surface area contributed by atoms with Gasteiger partial charge in [-0.15, -0.1) is 0 Å². The summed E-state index contributed by atoms with van der Waals surface area (Å²) in [6, 6.07) is 0. The Morgan fingerprint density at radius 3 is 3.00 bits per heavy atom. The van der Waals surface area contributed by atoms with Crippen LogP contribution in [0.3, 0.4) is 0 Å². The summed E-state index contributed by atoms with van der Waals surface area (Å²) in [5, 5.41) is 0. The minimum absolute atomic E-state index is 0.0324. The lowest BCUT2D eigenvalue weighted by atomic mass is 9.92. The first-order valence-electron chi connectivity index (χ1n) is 3.70. The van der Waals surface area contributed by atoms with Gasteiger partial charge >= 0.3 is 0 Å². The zero-order chi connectivity index (χ0) is 8.06. The van der Waals surface area contributed by atoms with Crippen molar-refractivity contribution < 1.29 is 9.53 Å². The van der Waals surface area contributed by atoms with E-state index in [-0.39, 0.29) is 6.10 Å². The smallest absolute Gasteiger partial charge is 0.172 e. The van der Waals surface area contributed by atoms with Crippen molar-refractivity contribution in [3.8, 4) is 0 Å². The number of epoxide rings is 1. The van der Waals surface area contributed by atoms with Gasteiger partial charge in [-0.05, 0) is 31.1 Å². The Morgan fingerprint density at radius 1 is 1.64 bits per heavy atom. The van der Waals surface area contributed by atoms with Crippen molar-refractivity contribution in [3.63, 3.8) is 0 Å². The number of hydrogen-bond donors (Lipinski definition) is 0. The van der Waals surface area contributed by atoms with Crippen LogP contribution < -0.4 is 0 Å². The fourth-order valence-corrected chi connectivity index (χ4v) is 1.45. The van der Waals surface area contributed by atoms with Crippen LogP contribution in [0.2, 0.25) is 0 Å². The number of rotatable bonds is 1. The molecule has 1 fully saturated rings. The highest BCUT2D eigenvalue weighted by molar-refractivity contribution is 5.75. The number of carbonyl (C=O) groups is 1. The number of aldehydes is 1. The summed E-state index contributed by atoms with van der Waals surface area (Å²) >= 11 is 0. The lowest BCUT2D eigenvalue weighted by molar-refractivity contribution is -0.110. The predicted octanol–water partition coefficient (Wildman–Crippen LogP) is 1.23. The molecule has 0 amide bonds. The Labute approximate surface area is 65.5 Å². The topological polar surface area (TPSA) is 29.6 Å². The van der Waals surface area contributed by atoms with Crippen LogP contribution >= 0.6 is 0 Å². The van der Waals surface area contributed by atoms with Crippen LogP contribution in [-0.2, 0) is 9.53 Å². The maximum absolute atomic E-state index is 10.6. The highest BCUT2D eigenvalue weighted by atomic mass is 16.6. The van der Waals surface area contributed by atoms with Crippen LogP contribution in [0.1, 0.15) is 13.8 Å². The Bertz CT molecular complexity index is 275. The summed E-state index contributed by atoms with van der Waals surface area (Å²) in [5.41, 5.74) is 1.81. The van der Waals surface area contributed by atoms with Gasteiger partial charge in [-0.25, -0.2) is 0 Å². The molecule has 0 bridgehead atoms. The van der Waals surface area contributed by atoms with Crippen LogP contribution in [-0.4, -0.2) is 18.0 Å². The molecule has 0 N–H and O–H groups in total. The molecule has 2 unspecified atom stereocenters. The van der Waals surface area contributed by atoms with Crippen LogP contribution in [0.25, 0.3) is 0 Å². The lowest BCUT2D eigenvalue weighted by Gasteiger charge is -2.07. The van der Waals surface area contributed by atoms with Crippen molar-refractivity contribution in [2.45, 2.75) is 25.6 Å².